The standard InChI is InChI=1S/C68H73N11O8/c1-49(53-23-9-5-10-24-53)72-43-64(81)75(39-41-86-62-35-21-33-59(73-62)57-31-17-19-37-70-57)45-67(84)79(52(4)56-29-15-8-16-30-56)48-68(85)78(51(3)55-27-13-7-14-28-55)47-65(82)76(40-42-87-63-36-22-34-60(74-63)58-32-18-20-38-71-58)46-66(83)77(44-61(69)80)50(2)54-25-11-6-12-26-54/h5-38,49-52,72H,39-48H2,1-4H3,(H2,69,80)/t49-,50-,51-,52-/m0/s1. The van der Waals surface area contributed by atoms with E-state index in [1.165, 1.54) is 24.5 Å². The fourth-order valence-corrected chi connectivity index (χ4v) is 9.84. The Balaban J connectivity index is 1.08. The molecule has 448 valence electrons. The number of primary amides is 1. The summed E-state index contributed by atoms with van der Waals surface area (Å²) < 4.78 is 12.3. The summed E-state index contributed by atoms with van der Waals surface area (Å²) in [5, 5.41) is 3.30. The van der Waals surface area contributed by atoms with E-state index in [9.17, 15) is 14.4 Å². The van der Waals surface area contributed by atoms with Gasteiger partial charge in [-0.1, -0.05) is 146 Å². The minimum absolute atomic E-state index is 0.0281. The minimum atomic E-state index is -0.751. The van der Waals surface area contributed by atoms with Gasteiger partial charge < -0.3 is 45.0 Å². The third kappa shape index (κ3) is 18.2. The number of carbonyl (C=O) groups excluding carboxylic acids is 6. The topological polar surface area (TPSA) is 227 Å². The van der Waals surface area contributed by atoms with E-state index >= 15 is 14.4 Å². The zero-order valence-electron chi connectivity index (χ0n) is 49.4. The normalized spacial score (nSPS) is 12.3. The first-order valence-corrected chi connectivity index (χ1v) is 28.9. The van der Waals surface area contributed by atoms with Crippen molar-refractivity contribution in [3.63, 3.8) is 0 Å². The van der Waals surface area contributed by atoms with Crippen LogP contribution < -0.4 is 20.5 Å². The van der Waals surface area contributed by atoms with Crippen LogP contribution in [0, 0.1) is 0 Å². The Morgan fingerprint density at radius 1 is 0.402 bits per heavy atom. The molecule has 8 rings (SSSR count). The van der Waals surface area contributed by atoms with Crippen LogP contribution in [0.5, 0.6) is 11.8 Å². The van der Waals surface area contributed by atoms with Gasteiger partial charge in [-0.15, -0.1) is 0 Å². The Morgan fingerprint density at radius 3 is 1.16 bits per heavy atom. The van der Waals surface area contributed by atoms with Crippen molar-refractivity contribution in [3.8, 4) is 34.5 Å². The molecule has 4 atom stereocenters. The zero-order valence-corrected chi connectivity index (χ0v) is 49.4. The van der Waals surface area contributed by atoms with E-state index in [1.54, 1.807) is 69.6 Å². The third-order valence-electron chi connectivity index (χ3n) is 14.9. The number of nitrogens with two attached hydrogens (primary N) is 1. The summed E-state index contributed by atoms with van der Waals surface area (Å²) in [4.78, 5) is 113. The van der Waals surface area contributed by atoms with Crippen LogP contribution in [0.1, 0.15) is 74.1 Å². The molecule has 4 aromatic heterocycles. The fraction of sp³-hybridized carbons (Fsp3) is 0.265. The van der Waals surface area contributed by atoms with E-state index in [-0.39, 0.29) is 44.8 Å². The van der Waals surface area contributed by atoms with E-state index in [0.29, 0.717) is 39.8 Å². The number of benzene rings is 4. The molecule has 0 spiro atoms. The van der Waals surface area contributed by atoms with Gasteiger partial charge >= 0.3 is 0 Å². The van der Waals surface area contributed by atoms with Crippen molar-refractivity contribution in [1.82, 2.24) is 49.8 Å². The van der Waals surface area contributed by atoms with Crippen LogP contribution in [0.25, 0.3) is 22.8 Å². The molecule has 19 nitrogen and oxygen atoms in total. The molecule has 0 saturated carbocycles. The Morgan fingerprint density at radius 2 is 0.759 bits per heavy atom. The van der Waals surface area contributed by atoms with Crippen LogP contribution >= 0.6 is 0 Å². The van der Waals surface area contributed by atoms with Crippen molar-refractivity contribution in [2.24, 2.45) is 5.73 Å². The van der Waals surface area contributed by atoms with E-state index in [2.05, 4.69) is 25.3 Å². The third-order valence-corrected chi connectivity index (χ3v) is 14.9. The monoisotopic (exact) mass is 1170 g/mol. The second kappa shape index (κ2) is 31.7. The SMILES string of the molecule is C[C@H](NCC(=O)N(CCOc1cccc(-c2ccccn2)n1)CC(=O)N(CC(=O)N(CC(=O)N(CCOc1cccc(-c2ccccn2)n1)CC(=O)N(CC(N)=O)[C@@H](C)c1ccccc1)[C@@H](C)c1ccccc1)[C@@H](C)c1ccccc1)c1ccccc1. The zero-order chi connectivity index (χ0) is 61.5. The van der Waals surface area contributed by atoms with E-state index < -0.39 is 86.3 Å². The number of ether oxygens (including phenoxy) is 2. The number of aromatic nitrogens is 4. The molecule has 4 aromatic carbocycles. The number of rotatable bonds is 30. The van der Waals surface area contributed by atoms with E-state index in [1.807, 2.05) is 165 Å². The van der Waals surface area contributed by atoms with Gasteiger partial charge in [0.1, 0.15) is 26.3 Å². The van der Waals surface area contributed by atoms with Crippen molar-refractivity contribution in [2.75, 3.05) is 65.6 Å². The molecule has 0 radical (unpaired) electrons. The molecule has 0 fully saturated rings. The van der Waals surface area contributed by atoms with Gasteiger partial charge in [0, 0.05) is 30.6 Å². The van der Waals surface area contributed by atoms with Crippen LogP contribution in [-0.4, -0.2) is 145 Å². The molecular weight excluding hydrogens is 1100 g/mol. The number of nitrogens with one attached hydrogen (secondary N) is 1. The predicted molar refractivity (Wildman–Crippen MR) is 331 cm³/mol. The second-order valence-corrected chi connectivity index (χ2v) is 20.8. The molecule has 0 unspecified atom stereocenters. The maximum atomic E-state index is 15.5. The van der Waals surface area contributed by atoms with Crippen LogP contribution in [-0.2, 0) is 28.8 Å². The number of pyridine rings is 4. The highest BCUT2D eigenvalue weighted by Crippen LogP contribution is 2.27. The molecular formula is C68H73N11O8. The van der Waals surface area contributed by atoms with Gasteiger partial charge in [-0.2, -0.15) is 0 Å². The highest BCUT2D eigenvalue weighted by Gasteiger charge is 2.34. The van der Waals surface area contributed by atoms with E-state index in [0.717, 1.165) is 11.1 Å². The Hall–Kier alpha value is -10.1. The van der Waals surface area contributed by atoms with Gasteiger partial charge in [0.15, 0.2) is 0 Å². The van der Waals surface area contributed by atoms with Crippen molar-refractivity contribution in [3.05, 3.63) is 229 Å². The summed E-state index contributed by atoms with van der Waals surface area (Å²) in [6.07, 6.45) is 3.33. The first-order valence-electron chi connectivity index (χ1n) is 28.9. The molecule has 8 aromatic rings. The van der Waals surface area contributed by atoms with Gasteiger partial charge in [-0.25, -0.2) is 9.97 Å². The summed E-state index contributed by atoms with van der Waals surface area (Å²) in [6, 6.07) is 56.4. The van der Waals surface area contributed by atoms with Gasteiger partial charge in [0.2, 0.25) is 47.2 Å². The van der Waals surface area contributed by atoms with Gasteiger partial charge in [0.25, 0.3) is 0 Å². The van der Waals surface area contributed by atoms with E-state index in [4.69, 9.17) is 15.2 Å². The molecule has 0 aliphatic heterocycles. The maximum absolute atomic E-state index is 15.5. The average molecular weight is 1170 g/mol. The summed E-state index contributed by atoms with van der Waals surface area (Å²) in [5.41, 5.74) is 11.3. The van der Waals surface area contributed by atoms with Crippen molar-refractivity contribution in [1.29, 1.82) is 0 Å². The number of amides is 6. The van der Waals surface area contributed by atoms with Gasteiger partial charge in [0.05, 0.1) is 80.2 Å². The van der Waals surface area contributed by atoms with Crippen molar-refractivity contribution < 1.29 is 38.2 Å². The lowest BCUT2D eigenvalue weighted by molar-refractivity contribution is -0.150. The Kier molecular flexibility index (Phi) is 22.9. The summed E-state index contributed by atoms with van der Waals surface area (Å²) in [7, 11) is 0. The maximum Gasteiger partial charge on any atom is 0.243 e. The number of nitrogens with zero attached hydrogens (tertiary/aromatic N) is 9. The van der Waals surface area contributed by atoms with Gasteiger partial charge in [-0.05, 0) is 86.3 Å². The molecule has 0 aliphatic rings. The summed E-state index contributed by atoms with van der Waals surface area (Å²) >= 11 is 0. The Bertz CT molecular complexity index is 3500. The summed E-state index contributed by atoms with van der Waals surface area (Å²) in [5.74, 6) is -2.97. The summed E-state index contributed by atoms with van der Waals surface area (Å²) in [6.45, 7) is 4.35. The van der Waals surface area contributed by atoms with Crippen LogP contribution in [0.4, 0.5) is 0 Å². The smallest absolute Gasteiger partial charge is 0.243 e. The molecule has 0 saturated heterocycles. The Labute approximate surface area is 507 Å². The lowest BCUT2D eigenvalue weighted by Crippen LogP contribution is -2.53. The number of hydrogen-bond donors (Lipinski definition) is 2. The lowest BCUT2D eigenvalue weighted by Gasteiger charge is -2.36. The largest absolute Gasteiger partial charge is 0.476 e. The molecule has 87 heavy (non-hydrogen) atoms. The quantitative estimate of drug-likeness (QED) is 0.0432. The first-order chi connectivity index (χ1) is 42.2. The average Bonchev–Trinajstić information content (AvgIpc) is 3.67. The molecule has 0 bridgehead atoms. The highest BCUT2D eigenvalue weighted by atomic mass is 16.5. The van der Waals surface area contributed by atoms with Crippen LogP contribution in [0.15, 0.2) is 207 Å². The predicted octanol–water partition coefficient (Wildman–Crippen LogP) is 8.32. The number of carbonyl (C=O) groups is 6. The van der Waals surface area contributed by atoms with Crippen LogP contribution in [0.3, 0.4) is 0 Å². The number of hydrogen-bond acceptors (Lipinski definition) is 13. The van der Waals surface area contributed by atoms with Gasteiger partial charge in [-0.3, -0.25) is 38.7 Å². The molecule has 6 amide bonds. The molecule has 19 heteroatoms. The first kappa shape index (κ1) is 62.9. The second-order valence-electron chi connectivity index (χ2n) is 20.8. The van der Waals surface area contributed by atoms with Crippen LogP contribution in [0.2, 0.25) is 0 Å². The lowest BCUT2D eigenvalue weighted by atomic mass is 10.1. The van der Waals surface area contributed by atoms with Crippen molar-refractivity contribution >= 4 is 35.4 Å². The highest BCUT2D eigenvalue weighted by molar-refractivity contribution is 5.92. The fourth-order valence-electron chi connectivity index (χ4n) is 9.84. The molecule has 4 heterocycles. The van der Waals surface area contributed by atoms with Crippen molar-refractivity contribution in [2.45, 2.75) is 51.9 Å². The minimum Gasteiger partial charge on any atom is -0.476 e. The molecule has 0 aliphatic carbocycles. The molecule has 3 N–H and O–H groups in total.